The first kappa shape index (κ1) is 13.4. The van der Waals surface area contributed by atoms with Crippen LogP contribution in [0.5, 0.6) is 0 Å². The summed E-state index contributed by atoms with van der Waals surface area (Å²) in [5.41, 5.74) is 7.41. The Balaban J connectivity index is 2.02. The molecule has 5 heteroatoms. The number of carbonyl (C=O) groups excluding carboxylic acids is 2. The van der Waals surface area contributed by atoms with E-state index >= 15 is 0 Å². The third kappa shape index (κ3) is 3.05. The molecule has 102 valence electrons. The van der Waals surface area contributed by atoms with Gasteiger partial charge in [-0.05, 0) is 18.6 Å². The predicted octanol–water partition coefficient (Wildman–Crippen LogP) is 0.920. The SMILES string of the molecule is CCN(CC(N)=O)C(=O)CC1CNc2ccccc21. The molecule has 0 spiro atoms. The molecule has 1 aliphatic rings. The molecule has 0 fully saturated rings. The van der Waals surface area contributed by atoms with Crippen LogP contribution in [0.4, 0.5) is 5.69 Å². The highest BCUT2D eigenvalue weighted by Gasteiger charge is 2.26. The second-order valence-corrected chi connectivity index (χ2v) is 4.74. The van der Waals surface area contributed by atoms with Crippen LogP contribution in [0.2, 0.25) is 0 Å². The third-order valence-corrected chi connectivity index (χ3v) is 3.44. The molecule has 1 heterocycles. The number of anilines is 1. The Hall–Kier alpha value is -2.04. The van der Waals surface area contributed by atoms with Gasteiger partial charge in [0.2, 0.25) is 11.8 Å². The number of nitrogens with zero attached hydrogens (tertiary/aromatic N) is 1. The van der Waals surface area contributed by atoms with Crippen molar-refractivity contribution >= 4 is 17.5 Å². The molecular weight excluding hydrogens is 242 g/mol. The molecule has 0 radical (unpaired) electrons. The van der Waals surface area contributed by atoms with E-state index in [1.165, 1.54) is 10.5 Å². The highest BCUT2D eigenvalue weighted by Crippen LogP contribution is 2.33. The Labute approximate surface area is 112 Å². The summed E-state index contributed by atoms with van der Waals surface area (Å²) in [7, 11) is 0. The Morgan fingerprint density at radius 1 is 1.42 bits per heavy atom. The standard InChI is InChI=1S/C14H19N3O2/c1-2-17(9-13(15)18)14(19)7-10-8-16-12-6-4-3-5-11(10)12/h3-6,10,16H,2,7-9H2,1H3,(H2,15,18). The number of hydrogen-bond donors (Lipinski definition) is 2. The average Bonchev–Trinajstić information content (AvgIpc) is 2.79. The zero-order chi connectivity index (χ0) is 13.8. The molecule has 0 bridgehead atoms. The number of benzene rings is 1. The summed E-state index contributed by atoms with van der Waals surface area (Å²) >= 11 is 0. The van der Waals surface area contributed by atoms with E-state index < -0.39 is 5.91 Å². The van der Waals surface area contributed by atoms with Crippen molar-refractivity contribution in [1.82, 2.24) is 4.90 Å². The lowest BCUT2D eigenvalue weighted by atomic mass is 9.97. The molecule has 2 rings (SSSR count). The Kier molecular flexibility index (Phi) is 4.04. The van der Waals surface area contributed by atoms with Gasteiger partial charge >= 0.3 is 0 Å². The van der Waals surface area contributed by atoms with Crippen LogP contribution in [0.1, 0.15) is 24.8 Å². The highest BCUT2D eigenvalue weighted by molar-refractivity contribution is 5.84. The van der Waals surface area contributed by atoms with Gasteiger partial charge in [0.15, 0.2) is 0 Å². The van der Waals surface area contributed by atoms with E-state index in [0.29, 0.717) is 13.0 Å². The van der Waals surface area contributed by atoms with Crippen molar-refractivity contribution in [2.24, 2.45) is 5.73 Å². The van der Waals surface area contributed by atoms with Gasteiger partial charge in [-0.2, -0.15) is 0 Å². The van der Waals surface area contributed by atoms with Gasteiger partial charge in [-0.1, -0.05) is 18.2 Å². The Morgan fingerprint density at radius 2 is 2.16 bits per heavy atom. The fourth-order valence-electron chi connectivity index (χ4n) is 2.44. The van der Waals surface area contributed by atoms with Crippen molar-refractivity contribution in [3.8, 4) is 0 Å². The Bertz CT molecular complexity index is 487. The summed E-state index contributed by atoms with van der Waals surface area (Å²) in [5.74, 6) is -0.324. The highest BCUT2D eigenvalue weighted by atomic mass is 16.2. The Morgan fingerprint density at radius 3 is 2.84 bits per heavy atom. The van der Waals surface area contributed by atoms with Crippen molar-refractivity contribution in [2.45, 2.75) is 19.3 Å². The van der Waals surface area contributed by atoms with Gasteiger partial charge in [0.1, 0.15) is 0 Å². The molecule has 19 heavy (non-hydrogen) atoms. The lowest BCUT2D eigenvalue weighted by Crippen LogP contribution is -2.38. The number of rotatable bonds is 5. The molecule has 1 aromatic carbocycles. The van der Waals surface area contributed by atoms with E-state index in [9.17, 15) is 9.59 Å². The van der Waals surface area contributed by atoms with Gasteiger partial charge < -0.3 is 16.0 Å². The van der Waals surface area contributed by atoms with Gasteiger partial charge in [-0.15, -0.1) is 0 Å². The van der Waals surface area contributed by atoms with E-state index in [0.717, 1.165) is 12.2 Å². The average molecular weight is 261 g/mol. The molecule has 0 aromatic heterocycles. The summed E-state index contributed by atoms with van der Waals surface area (Å²) < 4.78 is 0. The first-order valence-electron chi connectivity index (χ1n) is 6.50. The number of hydrogen-bond acceptors (Lipinski definition) is 3. The van der Waals surface area contributed by atoms with Crippen LogP contribution in [0.3, 0.4) is 0 Å². The molecular formula is C14H19N3O2. The molecule has 1 aromatic rings. The molecule has 1 aliphatic heterocycles. The van der Waals surface area contributed by atoms with E-state index in [-0.39, 0.29) is 18.4 Å². The zero-order valence-corrected chi connectivity index (χ0v) is 11.1. The fraction of sp³-hybridized carbons (Fsp3) is 0.429. The quantitative estimate of drug-likeness (QED) is 0.827. The second-order valence-electron chi connectivity index (χ2n) is 4.74. The molecule has 1 unspecified atom stereocenters. The van der Waals surface area contributed by atoms with Crippen molar-refractivity contribution in [2.75, 3.05) is 25.0 Å². The number of carbonyl (C=O) groups is 2. The monoisotopic (exact) mass is 261 g/mol. The minimum atomic E-state index is -0.472. The van der Waals surface area contributed by atoms with Crippen LogP contribution in [-0.2, 0) is 9.59 Å². The topological polar surface area (TPSA) is 75.4 Å². The van der Waals surface area contributed by atoms with Crippen molar-refractivity contribution in [3.63, 3.8) is 0 Å². The van der Waals surface area contributed by atoms with Crippen LogP contribution >= 0.6 is 0 Å². The molecule has 3 N–H and O–H groups in total. The molecule has 5 nitrogen and oxygen atoms in total. The zero-order valence-electron chi connectivity index (χ0n) is 11.1. The number of nitrogens with two attached hydrogens (primary N) is 1. The van der Waals surface area contributed by atoms with Crippen LogP contribution < -0.4 is 11.1 Å². The lowest BCUT2D eigenvalue weighted by Gasteiger charge is -2.21. The first-order valence-corrected chi connectivity index (χ1v) is 6.50. The number of fused-ring (bicyclic) bond motifs is 1. The molecule has 0 saturated carbocycles. The predicted molar refractivity (Wildman–Crippen MR) is 73.7 cm³/mol. The van der Waals surface area contributed by atoms with E-state index in [1.54, 1.807) is 0 Å². The largest absolute Gasteiger partial charge is 0.384 e. The number of amides is 2. The van der Waals surface area contributed by atoms with Crippen LogP contribution in [0.25, 0.3) is 0 Å². The van der Waals surface area contributed by atoms with Gasteiger partial charge in [0.05, 0.1) is 6.54 Å². The summed E-state index contributed by atoms with van der Waals surface area (Å²) in [6.07, 6.45) is 0.408. The minimum absolute atomic E-state index is 0.00285. The summed E-state index contributed by atoms with van der Waals surface area (Å²) in [6, 6.07) is 8.00. The summed E-state index contributed by atoms with van der Waals surface area (Å²) in [4.78, 5) is 24.6. The number of nitrogens with one attached hydrogen (secondary N) is 1. The fourth-order valence-corrected chi connectivity index (χ4v) is 2.44. The maximum Gasteiger partial charge on any atom is 0.237 e. The molecule has 2 amide bonds. The maximum atomic E-state index is 12.2. The lowest BCUT2D eigenvalue weighted by molar-refractivity contribution is -0.135. The van der Waals surface area contributed by atoms with Gasteiger partial charge in [0.25, 0.3) is 0 Å². The van der Waals surface area contributed by atoms with Crippen molar-refractivity contribution in [1.29, 1.82) is 0 Å². The molecule has 0 saturated heterocycles. The number of likely N-dealkylation sites (N-methyl/N-ethyl adjacent to an activating group) is 1. The van der Waals surface area contributed by atoms with Crippen LogP contribution in [-0.4, -0.2) is 36.3 Å². The number of para-hydroxylation sites is 1. The smallest absolute Gasteiger partial charge is 0.237 e. The van der Waals surface area contributed by atoms with Gasteiger partial charge in [-0.3, -0.25) is 9.59 Å². The van der Waals surface area contributed by atoms with E-state index in [4.69, 9.17) is 5.73 Å². The molecule has 1 atom stereocenters. The van der Waals surface area contributed by atoms with E-state index in [1.807, 2.05) is 31.2 Å². The molecule has 0 aliphatic carbocycles. The van der Waals surface area contributed by atoms with Gasteiger partial charge in [0, 0.05) is 31.1 Å². The number of primary amides is 1. The van der Waals surface area contributed by atoms with Crippen LogP contribution in [0, 0.1) is 0 Å². The van der Waals surface area contributed by atoms with Gasteiger partial charge in [-0.25, -0.2) is 0 Å². The summed E-state index contributed by atoms with van der Waals surface area (Å²) in [5, 5.41) is 3.29. The summed E-state index contributed by atoms with van der Waals surface area (Å²) in [6.45, 7) is 3.11. The van der Waals surface area contributed by atoms with Crippen molar-refractivity contribution < 1.29 is 9.59 Å². The van der Waals surface area contributed by atoms with Crippen LogP contribution in [0.15, 0.2) is 24.3 Å². The third-order valence-electron chi connectivity index (χ3n) is 3.44. The minimum Gasteiger partial charge on any atom is -0.384 e. The van der Waals surface area contributed by atoms with E-state index in [2.05, 4.69) is 5.32 Å². The van der Waals surface area contributed by atoms with Crippen molar-refractivity contribution in [3.05, 3.63) is 29.8 Å². The first-order chi connectivity index (χ1) is 9.11. The normalized spacial score (nSPS) is 16.6. The second kappa shape index (κ2) is 5.73. The maximum absolute atomic E-state index is 12.2.